The number of nitrogens with one attached hydrogen (secondary N) is 1. The Morgan fingerprint density at radius 3 is 1.07 bits per heavy atom. The topological polar surface area (TPSA) is 228 Å². The van der Waals surface area contributed by atoms with E-state index in [4.69, 9.17) is 18.9 Å². The van der Waals surface area contributed by atoms with E-state index in [1.54, 1.807) is 6.08 Å². The van der Waals surface area contributed by atoms with E-state index < -0.39 is 86.8 Å². The van der Waals surface area contributed by atoms with Crippen LogP contribution in [0.2, 0.25) is 0 Å². The molecule has 2 heterocycles. The van der Waals surface area contributed by atoms with Crippen molar-refractivity contribution in [3.63, 3.8) is 0 Å². The fraction of sp³-hybridized carbons (Fsp3) is 0.936. The molecule has 1 amide bonds. The zero-order valence-corrected chi connectivity index (χ0v) is 59.6. The van der Waals surface area contributed by atoms with Crippen molar-refractivity contribution in [3.8, 4) is 0 Å². The zero-order chi connectivity index (χ0) is 66.6. The van der Waals surface area contributed by atoms with Gasteiger partial charge in [-0.15, -0.1) is 0 Å². The van der Waals surface area contributed by atoms with Gasteiger partial charge < -0.3 is 65.1 Å². The van der Waals surface area contributed by atoms with E-state index in [1.165, 1.54) is 308 Å². The van der Waals surface area contributed by atoms with Gasteiger partial charge in [-0.3, -0.25) is 4.79 Å². The molecule has 0 radical (unpaired) electrons. The van der Waals surface area contributed by atoms with Crippen LogP contribution in [-0.4, -0.2) is 140 Å². The molecule has 2 aliphatic rings. The van der Waals surface area contributed by atoms with Crippen LogP contribution in [0.25, 0.3) is 0 Å². The van der Waals surface area contributed by atoms with Crippen LogP contribution >= 0.6 is 0 Å². The third-order valence-corrected chi connectivity index (χ3v) is 19.6. The molecule has 12 unspecified atom stereocenters. The first-order chi connectivity index (χ1) is 45.1. The summed E-state index contributed by atoms with van der Waals surface area (Å²) >= 11 is 0. The fourth-order valence-electron chi connectivity index (χ4n) is 13.4. The Morgan fingerprint density at radius 2 is 0.696 bits per heavy atom. The van der Waals surface area contributed by atoms with E-state index in [9.17, 15) is 45.6 Å². The van der Waals surface area contributed by atoms with Crippen molar-refractivity contribution in [2.45, 2.75) is 447 Å². The summed E-state index contributed by atoms with van der Waals surface area (Å²) < 4.78 is 22.9. The number of unbranched alkanes of at least 4 members (excludes halogenated alkanes) is 52. The van der Waals surface area contributed by atoms with Gasteiger partial charge in [0.1, 0.15) is 48.8 Å². The maximum atomic E-state index is 13.4. The first-order valence-electron chi connectivity index (χ1n) is 39.6. The van der Waals surface area contributed by atoms with Crippen molar-refractivity contribution >= 4 is 5.91 Å². The highest BCUT2D eigenvalue weighted by Crippen LogP contribution is 2.30. The summed E-state index contributed by atoms with van der Waals surface area (Å²) in [7, 11) is 0. The minimum atomic E-state index is -1.79. The number of amides is 1. The number of hydrogen-bond donors (Lipinski definition) is 9. The van der Waals surface area contributed by atoms with Crippen LogP contribution in [0.15, 0.2) is 24.3 Å². The lowest BCUT2D eigenvalue weighted by atomic mass is 9.97. The number of rotatable bonds is 67. The maximum absolute atomic E-state index is 13.4. The Bertz CT molecular complexity index is 1640. The van der Waals surface area contributed by atoms with E-state index >= 15 is 0 Å². The zero-order valence-electron chi connectivity index (χ0n) is 59.6. The number of carbonyl (C=O) groups is 1. The largest absolute Gasteiger partial charge is 0.394 e. The van der Waals surface area contributed by atoms with Gasteiger partial charge in [0.25, 0.3) is 0 Å². The molecule has 92 heavy (non-hydrogen) atoms. The highest BCUT2D eigenvalue weighted by molar-refractivity contribution is 5.76. The molecule has 544 valence electrons. The number of allylic oxidation sites excluding steroid dienone is 3. The van der Waals surface area contributed by atoms with E-state index in [0.29, 0.717) is 12.8 Å². The monoisotopic (exact) mass is 1310 g/mol. The van der Waals surface area contributed by atoms with Crippen LogP contribution in [0.3, 0.4) is 0 Å². The molecule has 0 saturated carbocycles. The second kappa shape index (κ2) is 63.0. The summed E-state index contributed by atoms with van der Waals surface area (Å²) in [5.74, 6) is -0.240. The van der Waals surface area contributed by atoms with E-state index in [-0.39, 0.29) is 18.9 Å². The lowest BCUT2D eigenvalue weighted by molar-refractivity contribution is -0.359. The lowest BCUT2D eigenvalue weighted by Gasteiger charge is -2.46. The summed E-state index contributed by atoms with van der Waals surface area (Å²) in [6.07, 6.45) is 64.2. The Kier molecular flexibility index (Phi) is 59.2. The van der Waals surface area contributed by atoms with Crippen molar-refractivity contribution < 1.29 is 64.6 Å². The van der Waals surface area contributed by atoms with Crippen LogP contribution in [0.1, 0.15) is 373 Å². The smallest absolute Gasteiger partial charge is 0.220 e. The Labute approximate surface area is 564 Å². The Morgan fingerprint density at radius 1 is 0.380 bits per heavy atom. The maximum Gasteiger partial charge on any atom is 0.220 e. The quantitative estimate of drug-likeness (QED) is 0.0204. The highest BCUT2D eigenvalue weighted by atomic mass is 16.7. The molecule has 0 aromatic carbocycles. The molecule has 14 heteroatoms. The van der Waals surface area contributed by atoms with Gasteiger partial charge in [0.2, 0.25) is 5.91 Å². The van der Waals surface area contributed by atoms with Crippen LogP contribution in [0.5, 0.6) is 0 Å². The molecular formula is C78H149NO13. The third kappa shape index (κ3) is 45.9. The van der Waals surface area contributed by atoms with E-state index in [0.717, 1.165) is 32.1 Å². The van der Waals surface area contributed by atoms with Gasteiger partial charge in [-0.05, 0) is 32.1 Å². The van der Waals surface area contributed by atoms with Crippen molar-refractivity contribution in [3.05, 3.63) is 24.3 Å². The predicted octanol–water partition coefficient (Wildman–Crippen LogP) is 17.5. The number of carbonyl (C=O) groups excluding carboxylic acids is 1. The summed E-state index contributed by atoms with van der Waals surface area (Å²) in [5.41, 5.74) is 0. The van der Waals surface area contributed by atoms with Crippen LogP contribution in [0.4, 0.5) is 0 Å². The van der Waals surface area contributed by atoms with Gasteiger partial charge in [0.05, 0.1) is 32.0 Å². The lowest BCUT2D eigenvalue weighted by Crippen LogP contribution is -2.65. The second-order valence-corrected chi connectivity index (χ2v) is 28.2. The first-order valence-corrected chi connectivity index (χ1v) is 39.6. The van der Waals surface area contributed by atoms with Gasteiger partial charge in [0.15, 0.2) is 12.6 Å². The molecule has 2 rings (SSSR count). The van der Waals surface area contributed by atoms with Gasteiger partial charge in [-0.25, -0.2) is 0 Å². The summed E-state index contributed by atoms with van der Waals surface area (Å²) in [6.45, 7) is 2.85. The number of hydrogen-bond acceptors (Lipinski definition) is 13. The van der Waals surface area contributed by atoms with Crippen molar-refractivity contribution in [2.75, 3.05) is 19.8 Å². The molecule has 0 aromatic rings. The normalized spacial score (nSPS) is 22.7. The summed E-state index contributed by atoms with van der Waals surface area (Å²) in [5, 5.41) is 87.5. The summed E-state index contributed by atoms with van der Waals surface area (Å²) in [4.78, 5) is 13.4. The molecule has 9 N–H and O–H groups in total. The first kappa shape index (κ1) is 86.6. The third-order valence-electron chi connectivity index (χ3n) is 19.6. The fourth-order valence-corrected chi connectivity index (χ4v) is 13.4. The van der Waals surface area contributed by atoms with Crippen LogP contribution < -0.4 is 5.32 Å². The van der Waals surface area contributed by atoms with Crippen LogP contribution in [-0.2, 0) is 23.7 Å². The minimum absolute atomic E-state index is 0.240. The second-order valence-electron chi connectivity index (χ2n) is 28.2. The number of ether oxygens (including phenoxy) is 4. The molecule has 12 atom stereocenters. The molecule has 2 aliphatic heterocycles. The molecule has 0 aliphatic carbocycles. The van der Waals surface area contributed by atoms with Crippen molar-refractivity contribution in [1.82, 2.24) is 5.32 Å². The van der Waals surface area contributed by atoms with E-state index in [1.807, 2.05) is 6.08 Å². The Balaban J connectivity index is 1.60. The predicted molar refractivity (Wildman–Crippen MR) is 378 cm³/mol. The molecule has 0 spiro atoms. The Hall–Kier alpha value is -1.53. The minimum Gasteiger partial charge on any atom is -0.394 e. The standard InChI is InChI=1S/C78H149NO13/c1-3-5-7-9-11-13-15-17-19-21-23-25-27-28-29-30-31-32-33-34-35-36-37-38-39-40-42-44-46-48-50-52-54-56-58-60-62-70(83)79-66(65-89-77-75(88)73(86)76(69(64-81)91-77)92-78-74(87)72(85)71(84)68(63-80)90-78)67(82)61-59-57-55-53-51-49-47-45-43-41-26-24-22-20-18-16-14-12-10-8-6-4-2/h51,53,59,61,66-69,71-78,80-82,84-88H,3-50,52,54-58,60,62-65H2,1-2H3,(H,79,83)/b53-51+,61-59+. The average Bonchev–Trinajstić information content (AvgIpc) is 0.866. The molecular weight excluding hydrogens is 1160 g/mol. The van der Waals surface area contributed by atoms with Gasteiger partial charge in [-0.1, -0.05) is 359 Å². The molecule has 2 saturated heterocycles. The van der Waals surface area contributed by atoms with Gasteiger partial charge >= 0.3 is 0 Å². The summed E-state index contributed by atoms with van der Waals surface area (Å²) in [6, 6.07) is -0.930. The van der Waals surface area contributed by atoms with Crippen molar-refractivity contribution in [1.29, 1.82) is 0 Å². The molecule has 0 bridgehead atoms. The van der Waals surface area contributed by atoms with E-state index in [2.05, 4.69) is 31.3 Å². The highest BCUT2D eigenvalue weighted by Gasteiger charge is 2.51. The average molecular weight is 1310 g/mol. The number of aliphatic hydroxyl groups excluding tert-OH is 8. The molecule has 0 aromatic heterocycles. The van der Waals surface area contributed by atoms with Crippen molar-refractivity contribution in [2.24, 2.45) is 0 Å². The molecule has 2 fully saturated rings. The molecule has 14 nitrogen and oxygen atoms in total. The van der Waals surface area contributed by atoms with Crippen LogP contribution in [0, 0.1) is 0 Å². The SMILES string of the molecule is CCCCCCCCCCCCCCCCCC/C=C/CC/C=C/C(O)C(COC1OC(CO)C(OC2OC(CO)C(O)C(O)C2O)C(O)C1O)NC(=O)CCCCCCCCCCCCCCCCCCCCCCCCCCCCCCCCCCCCCC. The van der Waals surface area contributed by atoms with Gasteiger partial charge in [0, 0.05) is 6.42 Å². The van der Waals surface area contributed by atoms with Gasteiger partial charge in [-0.2, -0.15) is 0 Å². The number of aliphatic hydroxyl groups is 8.